The van der Waals surface area contributed by atoms with Crippen molar-refractivity contribution < 1.29 is 13.2 Å². The van der Waals surface area contributed by atoms with E-state index in [1.807, 2.05) is 73.7 Å². The van der Waals surface area contributed by atoms with Crippen molar-refractivity contribution in [3.05, 3.63) is 95.7 Å². The van der Waals surface area contributed by atoms with Crippen LogP contribution in [0.4, 0.5) is 5.69 Å². The van der Waals surface area contributed by atoms with Gasteiger partial charge in [0.25, 0.3) is 10.0 Å². The Hall–Kier alpha value is -3.38. The normalized spacial score (nSPS) is 14.6. The maximum Gasteiger partial charge on any atom is 0.264 e. The molecule has 0 bridgehead atoms. The predicted octanol–water partition coefficient (Wildman–Crippen LogP) is 7.00. The van der Waals surface area contributed by atoms with Gasteiger partial charge in [-0.05, 0) is 61.7 Å². The second-order valence-corrected chi connectivity index (χ2v) is 11.5. The van der Waals surface area contributed by atoms with Gasteiger partial charge in [-0.25, -0.2) is 8.42 Å². The van der Waals surface area contributed by atoms with Gasteiger partial charge in [-0.1, -0.05) is 67.3 Å². The highest BCUT2D eigenvalue weighted by atomic mass is 32.2. The molecule has 0 radical (unpaired) electrons. The monoisotopic (exact) mass is 500 g/mol. The van der Waals surface area contributed by atoms with Crippen molar-refractivity contribution in [2.45, 2.75) is 56.4 Å². The lowest BCUT2D eigenvalue weighted by atomic mass is 9.86. The SMILES string of the molecule is COc1ccc2nc(C3CCCCC3)cc(N(Cc3ccccc3)S(=O)(=O)c3ccc(C)cc3)c2c1. The van der Waals surface area contributed by atoms with Gasteiger partial charge in [-0.15, -0.1) is 0 Å². The summed E-state index contributed by atoms with van der Waals surface area (Å²) in [5.74, 6) is 1.01. The van der Waals surface area contributed by atoms with E-state index in [1.54, 1.807) is 23.5 Å². The van der Waals surface area contributed by atoms with Crippen LogP contribution in [0.1, 0.15) is 54.8 Å². The lowest BCUT2D eigenvalue weighted by molar-refractivity contribution is 0.415. The Bertz CT molecular complexity index is 1450. The van der Waals surface area contributed by atoms with E-state index in [2.05, 4.69) is 0 Å². The third kappa shape index (κ3) is 4.96. The van der Waals surface area contributed by atoms with Crippen molar-refractivity contribution in [1.82, 2.24) is 4.98 Å². The van der Waals surface area contributed by atoms with Gasteiger partial charge in [-0.3, -0.25) is 9.29 Å². The third-order valence-electron chi connectivity index (χ3n) is 7.08. The van der Waals surface area contributed by atoms with Crippen LogP contribution in [0.5, 0.6) is 5.75 Å². The molecule has 5 nitrogen and oxygen atoms in total. The summed E-state index contributed by atoms with van der Waals surface area (Å²) in [6.07, 6.45) is 5.76. The first-order valence-electron chi connectivity index (χ1n) is 12.6. The zero-order valence-electron chi connectivity index (χ0n) is 20.9. The number of fused-ring (bicyclic) bond motifs is 1. The van der Waals surface area contributed by atoms with Crippen molar-refractivity contribution in [3.63, 3.8) is 0 Å². The number of aryl methyl sites for hydroxylation is 1. The molecule has 0 spiro atoms. The average molecular weight is 501 g/mol. The van der Waals surface area contributed by atoms with E-state index in [0.717, 1.165) is 40.6 Å². The molecule has 36 heavy (non-hydrogen) atoms. The van der Waals surface area contributed by atoms with Crippen molar-refractivity contribution in [2.24, 2.45) is 0 Å². The van der Waals surface area contributed by atoms with Crippen molar-refractivity contribution in [2.75, 3.05) is 11.4 Å². The molecule has 4 aromatic rings. The number of anilines is 1. The molecular formula is C30H32N2O3S. The molecule has 0 saturated heterocycles. The fraction of sp³-hybridized carbons (Fsp3) is 0.300. The summed E-state index contributed by atoms with van der Waals surface area (Å²) < 4.78 is 35.5. The Morgan fingerprint density at radius 1 is 0.917 bits per heavy atom. The summed E-state index contributed by atoms with van der Waals surface area (Å²) in [6, 6.07) is 24.5. The zero-order valence-corrected chi connectivity index (χ0v) is 21.7. The van der Waals surface area contributed by atoms with Crippen LogP contribution in [0.25, 0.3) is 10.9 Å². The van der Waals surface area contributed by atoms with E-state index in [-0.39, 0.29) is 11.4 Å². The Balaban J connectivity index is 1.73. The van der Waals surface area contributed by atoms with Crippen molar-refractivity contribution in [3.8, 4) is 5.75 Å². The minimum atomic E-state index is -3.86. The molecule has 1 fully saturated rings. The maximum absolute atomic E-state index is 14.2. The molecular weight excluding hydrogens is 468 g/mol. The van der Waals surface area contributed by atoms with Gasteiger partial charge in [-0.2, -0.15) is 0 Å². The molecule has 6 heteroatoms. The van der Waals surface area contributed by atoms with Gasteiger partial charge in [0.2, 0.25) is 0 Å². The number of hydrogen-bond acceptors (Lipinski definition) is 4. The number of methoxy groups -OCH3 is 1. The lowest BCUT2D eigenvalue weighted by Gasteiger charge is -2.28. The molecule has 1 saturated carbocycles. The quantitative estimate of drug-likeness (QED) is 0.274. The molecule has 0 aliphatic heterocycles. The molecule has 0 atom stereocenters. The molecule has 0 N–H and O–H groups in total. The highest BCUT2D eigenvalue weighted by Gasteiger charge is 2.29. The van der Waals surface area contributed by atoms with Crippen LogP contribution in [0.2, 0.25) is 0 Å². The Kier molecular flexibility index (Phi) is 6.97. The maximum atomic E-state index is 14.2. The number of hydrogen-bond donors (Lipinski definition) is 0. The van der Waals surface area contributed by atoms with Crippen LogP contribution in [0.3, 0.4) is 0 Å². The molecule has 186 valence electrons. The van der Waals surface area contributed by atoms with E-state index in [1.165, 1.54) is 19.3 Å². The number of pyridine rings is 1. The number of aromatic nitrogens is 1. The second kappa shape index (κ2) is 10.3. The van der Waals surface area contributed by atoms with E-state index in [0.29, 0.717) is 17.4 Å². The standard InChI is InChI=1S/C30H32N2O3S/c1-22-13-16-26(17-14-22)36(33,34)32(21-23-9-5-3-6-10-23)30-20-29(24-11-7-4-8-12-24)31-28-18-15-25(35-2)19-27(28)30/h3,5-6,9-10,13-20,24H,4,7-8,11-12,21H2,1-2H3. The summed E-state index contributed by atoms with van der Waals surface area (Å²) in [7, 11) is -2.24. The fourth-order valence-corrected chi connectivity index (χ4v) is 6.50. The molecule has 1 aliphatic carbocycles. The van der Waals surface area contributed by atoms with Crippen LogP contribution in [0.15, 0.2) is 83.8 Å². The molecule has 1 heterocycles. The predicted molar refractivity (Wildman–Crippen MR) is 145 cm³/mol. The first kappa shape index (κ1) is 24.3. The van der Waals surface area contributed by atoms with E-state index in [4.69, 9.17) is 9.72 Å². The van der Waals surface area contributed by atoms with E-state index < -0.39 is 10.0 Å². The zero-order chi connectivity index (χ0) is 25.1. The van der Waals surface area contributed by atoms with Gasteiger partial charge in [0.1, 0.15) is 5.75 Å². The summed E-state index contributed by atoms with van der Waals surface area (Å²) >= 11 is 0. The molecule has 3 aromatic carbocycles. The molecule has 5 rings (SSSR count). The van der Waals surface area contributed by atoms with Gasteiger partial charge in [0.05, 0.1) is 29.8 Å². The van der Waals surface area contributed by atoms with Crippen molar-refractivity contribution in [1.29, 1.82) is 0 Å². The largest absolute Gasteiger partial charge is 0.497 e. The number of sulfonamides is 1. The summed E-state index contributed by atoms with van der Waals surface area (Å²) in [6.45, 7) is 2.18. The highest BCUT2D eigenvalue weighted by Crippen LogP contribution is 2.39. The Labute approximate surface area is 213 Å². The first-order valence-corrected chi connectivity index (χ1v) is 14.0. The number of nitrogens with zero attached hydrogens (tertiary/aromatic N) is 2. The summed E-state index contributed by atoms with van der Waals surface area (Å²) in [5, 5.41) is 0.764. The number of rotatable bonds is 7. The Morgan fingerprint density at radius 2 is 1.64 bits per heavy atom. The minimum absolute atomic E-state index is 0.220. The van der Waals surface area contributed by atoms with Gasteiger partial charge in [0, 0.05) is 17.0 Å². The van der Waals surface area contributed by atoms with Crippen LogP contribution < -0.4 is 9.04 Å². The van der Waals surface area contributed by atoms with Crippen LogP contribution in [-0.4, -0.2) is 20.5 Å². The molecule has 0 amide bonds. The second-order valence-electron chi connectivity index (χ2n) is 9.59. The molecule has 0 unspecified atom stereocenters. The van der Waals surface area contributed by atoms with Crippen LogP contribution in [0, 0.1) is 6.92 Å². The minimum Gasteiger partial charge on any atom is -0.497 e. The summed E-state index contributed by atoms with van der Waals surface area (Å²) in [4.78, 5) is 5.29. The van der Waals surface area contributed by atoms with Crippen LogP contribution in [-0.2, 0) is 16.6 Å². The van der Waals surface area contributed by atoms with Gasteiger partial charge < -0.3 is 4.74 Å². The highest BCUT2D eigenvalue weighted by molar-refractivity contribution is 7.92. The Morgan fingerprint density at radius 3 is 2.33 bits per heavy atom. The molecule has 1 aromatic heterocycles. The van der Waals surface area contributed by atoms with Crippen LogP contribution >= 0.6 is 0 Å². The number of benzene rings is 3. The van der Waals surface area contributed by atoms with E-state index in [9.17, 15) is 8.42 Å². The summed E-state index contributed by atoms with van der Waals surface area (Å²) in [5.41, 5.74) is 4.33. The smallest absolute Gasteiger partial charge is 0.264 e. The topological polar surface area (TPSA) is 59.5 Å². The third-order valence-corrected chi connectivity index (χ3v) is 8.86. The lowest BCUT2D eigenvalue weighted by Crippen LogP contribution is -2.31. The fourth-order valence-electron chi connectivity index (χ4n) is 5.03. The molecule has 1 aliphatic rings. The number of ether oxygens (including phenoxy) is 1. The van der Waals surface area contributed by atoms with Gasteiger partial charge in [0.15, 0.2) is 0 Å². The van der Waals surface area contributed by atoms with Gasteiger partial charge >= 0.3 is 0 Å². The van der Waals surface area contributed by atoms with Crippen molar-refractivity contribution >= 4 is 26.6 Å². The average Bonchev–Trinajstić information content (AvgIpc) is 2.92. The van der Waals surface area contributed by atoms with E-state index >= 15 is 0 Å². The first-order chi connectivity index (χ1) is 17.5.